The van der Waals surface area contributed by atoms with Gasteiger partial charge in [-0.1, -0.05) is 6.07 Å². The van der Waals surface area contributed by atoms with Gasteiger partial charge in [-0.2, -0.15) is 0 Å². The van der Waals surface area contributed by atoms with E-state index in [4.69, 9.17) is 9.15 Å². The molecule has 0 fully saturated rings. The molecule has 6 nitrogen and oxygen atoms in total. The average Bonchev–Trinajstić information content (AvgIpc) is 3.11. The van der Waals surface area contributed by atoms with Crippen molar-refractivity contribution in [1.82, 2.24) is 5.32 Å². The van der Waals surface area contributed by atoms with E-state index in [0.29, 0.717) is 28.3 Å². The Bertz CT molecular complexity index is 1250. The van der Waals surface area contributed by atoms with Crippen molar-refractivity contribution in [2.45, 2.75) is 39.7 Å². The number of hydrogen-bond donors (Lipinski definition) is 2. The summed E-state index contributed by atoms with van der Waals surface area (Å²) < 4.78 is 10.8. The molecule has 1 amide bonds. The molecule has 0 saturated heterocycles. The number of methoxy groups -OCH3 is 1. The molecule has 0 bridgehead atoms. The van der Waals surface area contributed by atoms with Crippen LogP contribution in [0.2, 0.25) is 0 Å². The third kappa shape index (κ3) is 4.85. The van der Waals surface area contributed by atoms with Crippen molar-refractivity contribution in [3.8, 4) is 5.75 Å². The second-order valence-electron chi connectivity index (χ2n) is 8.99. The lowest BCUT2D eigenvalue weighted by molar-refractivity contribution is 0.102. The molecular weight excluding hydrogens is 416 g/mol. The zero-order chi connectivity index (χ0) is 23.8. The van der Waals surface area contributed by atoms with E-state index in [9.17, 15) is 9.59 Å². The smallest absolute Gasteiger partial charge is 0.259 e. The van der Waals surface area contributed by atoms with Gasteiger partial charge in [0.05, 0.1) is 12.7 Å². The molecule has 6 heteroatoms. The van der Waals surface area contributed by atoms with Crippen LogP contribution in [0.1, 0.15) is 57.2 Å². The number of furan rings is 1. The van der Waals surface area contributed by atoms with E-state index in [2.05, 4.69) is 30.5 Å². The van der Waals surface area contributed by atoms with Crippen LogP contribution in [0.3, 0.4) is 0 Å². The molecular formula is C27H28N2O4. The van der Waals surface area contributed by atoms with Gasteiger partial charge < -0.3 is 19.8 Å². The molecule has 0 saturated carbocycles. The highest BCUT2D eigenvalue weighted by Crippen LogP contribution is 2.32. The molecule has 1 aromatic heterocycles. The zero-order valence-corrected chi connectivity index (χ0v) is 19.5. The van der Waals surface area contributed by atoms with Gasteiger partial charge in [0.1, 0.15) is 17.3 Å². The largest absolute Gasteiger partial charge is 0.497 e. The lowest BCUT2D eigenvalue weighted by Gasteiger charge is -2.35. The van der Waals surface area contributed by atoms with E-state index in [-0.39, 0.29) is 17.2 Å². The number of fused-ring (bicyclic) bond motifs is 1. The quantitative estimate of drug-likeness (QED) is 0.412. The summed E-state index contributed by atoms with van der Waals surface area (Å²) in [6, 6.07) is 14.5. The van der Waals surface area contributed by atoms with Crippen LogP contribution in [0.25, 0.3) is 5.70 Å². The lowest BCUT2D eigenvalue weighted by atomic mass is 9.85. The number of nitrogens with one attached hydrogen (secondary N) is 2. The molecule has 1 aliphatic rings. The summed E-state index contributed by atoms with van der Waals surface area (Å²) in [4.78, 5) is 25.5. The molecule has 0 atom stereocenters. The van der Waals surface area contributed by atoms with E-state index in [1.807, 2.05) is 12.1 Å². The van der Waals surface area contributed by atoms with Gasteiger partial charge in [0.25, 0.3) is 5.91 Å². The number of anilines is 1. The minimum absolute atomic E-state index is 0.122. The highest BCUT2D eigenvalue weighted by Gasteiger charge is 2.28. The van der Waals surface area contributed by atoms with E-state index in [1.165, 1.54) is 5.56 Å². The predicted octanol–water partition coefficient (Wildman–Crippen LogP) is 5.31. The molecule has 33 heavy (non-hydrogen) atoms. The topological polar surface area (TPSA) is 80.6 Å². The van der Waals surface area contributed by atoms with E-state index >= 15 is 0 Å². The highest BCUT2D eigenvalue weighted by atomic mass is 16.5. The molecule has 0 unspecified atom stereocenters. The molecule has 3 aromatic rings. The van der Waals surface area contributed by atoms with E-state index in [1.54, 1.807) is 57.4 Å². The molecule has 4 rings (SSSR count). The fraction of sp³-hybridized carbons (Fsp3) is 0.259. The van der Waals surface area contributed by atoms with Crippen LogP contribution in [0.4, 0.5) is 5.69 Å². The fourth-order valence-corrected chi connectivity index (χ4v) is 4.14. The molecule has 0 aliphatic carbocycles. The monoisotopic (exact) mass is 444 g/mol. The van der Waals surface area contributed by atoms with Gasteiger partial charge in [-0.05, 0) is 82.1 Å². The van der Waals surface area contributed by atoms with E-state index < -0.39 is 0 Å². The molecule has 2 N–H and O–H groups in total. The number of benzene rings is 2. The van der Waals surface area contributed by atoms with Crippen molar-refractivity contribution < 1.29 is 18.7 Å². The lowest BCUT2D eigenvalue weighted by Crippen LogP contribution is -2.43. The number of amides is 1. The van der Waals surface area contributed by atoms with Crippen LogP contribution in [0.15, 0.2) is 59.0 Å². The minimum atomic E-state index is -0.246. The third-order valence-corrected chi connectivity index (χ3v) is 5.70. The van der Waals surface area contributed by atoms with Crippen LogP contribution in [-0.4, -0.2) is 24.3 Å². The molecule has 0 spiro atoms. The van der Waals surface area contributed by atoms with Crippen molar-refractivity contribution in [3.63, 3.8) is 0 Å². The molecule has 1 aliphatic heterocycles. The second-order valence-corrected chi connectivity index (χ2v) is 8.99. The van der Waals surface area contributed by atoms with Crippen LogP contribution >= 0.6 is 0 Å². The summed E-state index contributed by atoms with van der Waals surface area (Å²) in [6.45, 7) is 7.78. The van der Waals surface area contributed by atoms with Gasteiger partial charge >= 0.3 is 0 Å². The van der Waals surface area contributed by atoms with Crippen molar-refractivity contribution >= 4 is 23.1 Å². The first-order valence-corrected chi connectivity index (χ1v) is 10.9. The standard InChI is InChI=1S/C27H28N2O4/c1-16-12-22(17(2)33-16)26(31)28-20-9-6-18(7-10-20)25(30)14-24-23-13-21(32-5)11-8-19(23)15-27(3,4)29-24/h6-14,29H,15H2,1-5H3,(H,28,31). The number of ketones is 1. The Balaban J connectivity index is 1.55. The number of allylic oxidation sites excluding steroid dienone is 1. The maximum Gasteiger partial charge on any atom is 0.259 e. The number of aryl methyl sites for hydroxylation is 2. The van der Waals surface area contributed by atoms with Gasteiger partial charge in [-0.25, -0.2) is 0 Å². The minimum Gasteiger partial charge on any atom is -0.497 e. The summed E-state index contributed by atoms with van der Waals surface area (Å²) in [7, 11) is 1.63. The summed E-state index contributed by atoms with van der Waals surface area (Å²) in [6.07, 6.45) is 2.48. The Morgan fingerprint density at radius 1 is 1.09 bits per heavy atom. The second kappa shape index (κ2) is 8.62. The zero-order valence-electron chi connectivity index (χ0n) is 19.5. The van der Waals surface area contributed by atoms with Crippen LogP contribution in [-0.2, 0) is 6.42 Å². The number of hydrogen-bond acceptors (Lipinski definition) is 5. The Morgan fingerprint density at radius 3 is 2.45 bits per heavy atom. The van der Waals surface area contributed by atoms with Crippen LogP contribution < -0.4 is 15.4 Å². The first-order chi connectivity index (χ1) is 15.6. The Morgan fingerprint density at radius 2 is 1.82 bits per heavy atom. The normalized spacial score (nSPS) is 15.5. The number of carbonyl (C=O) groups excluding carboxylic acids is 2. The third-order valence-electron chi connectivity index (χ3n) is 5.70. The number of carbonyl (C=O) groups is 2. The van der Waals surface area contributed by atoms with Gasteiger partial charge in [0.2, 0.25) is 0 Å². The van der Waals surface area contributed by atoms with Crippen molar-refractivity contribution in [2.75, 3.05) is 12.4 Å². The predicted molar refractivity (Wildman–Crippen MR) is 129 cm³/mol. The molecule has 170 valence electrons. The molecule has 0 radical (unpaired) electrons. The van der Waals surface area contributed by atoms with Crippen molar-refractivity contribution in [2.24, 2.45) is 0 Å². The average molecular weight is 445 g/mol. The van der Waals surface area contributed by atoms with Crippen molar-refractivity contribution in [1.29, 1.82) is 0 Å². The van der Waals surface area contributed by atoms with Crippen LogP contribution in [0, 0.1) is 13.8 Å². The number of rotatable bonds is 5. The first kappa shape index (κ1) is 22.4. The Labute approximate surface area is 193 Å². The summed E-state index contributed by atoms with van der Waals surface area (Å²) in [5.74, 6) is 1.64. The first-order valence-electron chi connectivity index (χ1n) is 10.9. The Kier molecular flexibility index (Phi) is 5.85. The van der Waals surface area contributed by atoms with E-state index in [0.717, 1.165) is 23.4 Å². The van der Waals surface area contributed by atoms with Crippen LogP contribution in [0.5, 0.6) is 5.75 Å². The SMILES string of the molecule is COc1ccc2c(c1)C(=CC(=O)c1ccc(NC(=O)c3cc(C)oc3C)cc1)NC(C)(C)C2. The van der Waals surface area contributed by atoms with Gasteiger partial charge in [-0.15, -0.1) is 0 Å². The molecule has 2 aromatic carbocycles. The molecule has 2 heterocycles. The van der Waals surface area contributed by atoms with Gasteiger partial charge in [0.15, 0.2) is 5.78 Å². The van der Waals surface area contributed by atoms with Crippen molar-refractivity contribution in [3.05, 3.63) is 88.4 Å². The number of ether oxygens (including phenoxy) is 1. The van der Waals surface area contributed by atoms with Gasteiger partial charge in [-0.3, -0.25) is 9.59 Å². The maximum absolute atomic E-state index is 13.0. The summed E-state index contributed by atoms with van der Waals surface area (Å²) in [5.41, 5.74) is 4.37. The maximum atomic E-state index is 13.0. The highest BCUT2D eigenvalue weighted by molar-refractivity contribution is 6.09. The Hall–Kier alpha value is -3.80. The summed E-state index contributed by atoms with van der Waals surface area (Å²) in [5, 5.41) is 6.33. The van der Waals surface area contributed by atoms with Gasteiger partial charge in [0, 0.05) is 34.1 Å². The summed E-state index contributed by atoms with van der Waals surface area (Å²) >= 11 is 0. The fourth-order valence-electron chi connectivity index (χ4n) is 4.14.